The van der Waals surface area contributed by atoms with Crippen LogP contribution in [0.15, 0.2) is 24.3 Å². The van der Waals surface area contributed by atoms with Crippen LogP contribution in [0.3, 0.4) is 0 Å². The van der Waals surface area contributed by atoms with Gasteiger partial charge in [0.05, 0.1) is 0 Å². The van der Waals surface area contributed by atoms with E-state index in [-0.39, 0.29) is 11.3 Å². The highest BCUT2D eigenvalue weighted by atomic mass is 16.5. The monoisotopic (exact) mass is 357 g/mol. The highest BCUT2D eigenvalue weighted by Gasteiger charge is 2.58. The van der Waals surface area contributed by atoms with Gasteiger partial charge in [0.2, 0.25) is 5.91 Å². The largest absolute Gasteiger partial charge is 0.381 e. The Balaban J connectivity index is 1.25. The molecule has 1 saturated carbocycles. The molecule has 142 valence electrons. The number of nitrogens with one attached hydrogen (secondary N) is 1. The van der Waals surface area contributed by atoms with Crippen LogP contribution in [0, 0.1) is 11.3 Å². The third-order valence-corrected chi connectivity index (χ3v) is 6.57. The molecule has 5 heteroatoms. The Morgan fingerprint density at radius 3 is 2.42 bits per heavy atom. The number of hydrogen-bond donors (Lipinski definition) is 1. The molecule has 0 radical (unpaired) electrons. The number of hydrogen-bond acceptors (Lipinski definition) is 4. The number of carbonyl (C=O) groups excluding carboxylic acids is 1. The third kappa shape index (κ3) is 3.54. The molecule has 1 amide bonds. The van der Waals surface area contributed by atoms with Gasteiger partial charge in [-0.25, -0.2) is 0 Å². The van der Waals surface area contributed by atoms with Gasteiger partial charge in [-0.1, -0.05) is 0 Å². The van der Waals surface area contributed by atoms with Crippen molar-refractivity contribution in [3.8, 4) is 0 Å². The zero-order valence-corrected chi connectivity index (χ0v) is 16.0. The number of rotatable bonds is 4. The standard InChI is InChI=1S/C21H31N3O2/c1-23(2)17-3-5-18(6-4-17)24-11-7-16(8-12-24)22-20(25)19-15-21(19)9-13-26-14-10-21/h3-6,16,19H,7-15H2,1-2H3,(H,22,25)/t19-/m1/s1. The van der Waals surface area contributed by atoms with Crippen LogP contribution in [0.2, 0.25) is 0 Å². The quantitative estimate of drug-likeness (QED) is 0.900. The number of benzene rings is 1. The lowest BCUT2D eigenvalue weighted by molar-refractivity contribution is -0.124. The van der Waals surface area contributed by atoms with Gasteiger partial charge in [0.25, 0.3) is 0 Å². The van der Waals surface area contributed by atoms with Crippen molar-refractivity contribution in [3.05, 3.63) is 24.3 Å². The van der Waals surface area contributed by atoms with Gasteiger partial charge >= 0.3 is 0 Å². The van der Waals surface area contributed by atoms with Crippen LogP contribution in [-0.4, -0.2) is 52.3 Å². The van der Waals surface area contributed by atoms with Crippen molar-refractivity contribution >= 4 is 17.3 Å². The van der Waals surface area contributed by atoms with Gasteiger partial charge in [0, 0.05) is 63.7 Å². The Kier molecular flexibility index (Phi) is 4.82. The van der Waals surface area contributed by atoms with Crippen molar-refractivity contribution in [1.29, 1.82) is 0 Å². The summed E-state index contributed by atoms with van der Waals surface area (Å²) in [4.78, 5) is 17.2. The SMILES string of the molecule is CN(C)c1ccc(N2CCC(NC(=O)[C@H]3CC34CCOCC4)CC2)cc1. The van der Waals surface area contributed by atoms with E-state index >= 15 is 0 Å². The fraction of sp³-hybridized carbons (Fsp3) is 0.667. The number of piperidine rings is 1. The van der Waals surface area contributed by atoms with E-state index in [1.165, 1.54) is 11.4 Å². The number of ether oxygens (including phenoxy) is 1. The summed E-state index contributed by atoms with van der Waals surface area (Å²) in [5.41, 5.74) is 2.78. The molecule has 1 atom stereocenters. The first-order valence-electron chi connectivity index (χ1n) is 9.98. The minimum Gasteiger partial charge on any atom is -0.381 e. The number of anilines is 2. The summed E-state index contributed by atoms with van der Waals surface area (Å²) in [5, 5.41) is 3.34. The normalized spacial score (nSPS) is 25.2. The molecule has 5 nitrogen and oxygen atoms in total. The molecule has 0 unspecified atom stereocenters. The average molecular weight is 357 g/mol. The zero-order chi connectivity index (χ0) is 18.1. The number of carbonyl (C=O) groups is 1. The van der Waals surface area contributed by atoms with Crippen molar-refractivity contribution < 1.29 is 9.53 Å². The second kappa shape index (κ2) is 7.10. The Hall–Kier alpha value is -1.75. The Labute approximate surface area is 156 Å². The van der Waals surface area contributed by atoms with Crippen molar-refractivity contribution in [1.82, 2.24) is 5.32 Å². The molecule has 1 aliphatic carbocycles. The summed E-state index contributed by atoms with van der Waals surface area (Å²) in [6.45, 7) is 3.68. The van der Waals surface area contributed by atoms with Crippen molar-refractivity contribution in [2.45, 2.75) is 38.1 Å². The van der Waals surface area contributed by atoms with Crippen molar-refractivity contribution in [2.75, 3.05) is 50.2 Å². The summed E-state index contributed by atoms with van der Waals surface area (Å²) in [6, 6.07) is 9.07. The topological polar surface area (TPSA) is 44.8 Å². The first kappa shape index (κ1) is 17.7. The number of amides is 1. The van der Waals surface area contributed by atoms with E-state index in [1.807, 2.05) is 0 Å². The maximum Gasteiger partial charge on any atom is 0.223 e. The van der Waals surface area contributed by atoms with Crippen LogP contribution in [0.4, 0.5) is 11.4 Å². The predicted molar refractivity (Wildman–Crippen MR) is 105 cm³/mol. The summed E-state index contributed by atoms with van der Waals surface area (Å²) in [5.74, 6) is 0.531. The lowest BCUT2D eigenvalue weighted by Crippen LogP contribution is -2.45. The van der Waals surface area contributed by atoms with Crippen LogP contribution in [0.1, 0.15) is 32.1 Å². The van der Waals surface area contributed by atoms with Crippen molar-refractivity contribution in [2.24, 2.45) is 11.3 Å². The van der Waals surface area contributed by atoms with Crippen LogP contribution < -0.4 is 15.1 Å². The molecule has 3 fully saturated rings. The van der Waals surface area contributed by atoms with E-state index < -0.39 is 0 Å². The second-order valence-electron chi connectivity index (χ2n) is 8.41. The van der Waals surface area contributed by atoms with Gasteiger partial charge in [-0.3, -0.25) is 4.79 Å². The number of nitrogens with zero attached hydrogens (tertiary/aromatic N) is 2. The summed E-state index contributed by atoms with van der Waals surface area (Å²) < 4.78 is 5.46. The molecule has 1 aromatic rings. The molecule has 26 heavy (non-hydrogen) atoms. The molecule has 0 bridgehead atoms. The fourth-order valence-corrected chi connectivity index (χ4v) is 4.59. The highest BCUT2D eigenvalue weighted by molar-refractivity contribution is 5.83. The smallest absolute Gasteiger partial charge is 0.223 e. The molecule has 2 heterocycles. The molecule has 0 aromatic heterocycles. The lowest BCUT2D eigenvalue weighted by atomic mass is 9.93. The third-order valence-electron chi connectivity index (χ3n) is 6.57. The van der Waals surface area contributed by atoms with Gasteiger partial charge in [-0.05, 0) is 61.8 Å². The van der Waals surface area contributed by atoms with Crippen LogP contribution >= 0.6 is 0 Å². The fourth-order valence-electron chi connectivity index (χ4n) is 4.59. The first-order chi connectivity index (χ1) is 12.6. The molecule has 1 aromatic carbocycles. The van der Waals surface area contributed by atoms with Crippen LogP contribution in [-0.2, 0) is 9.53 Å². The lowest BCUT2D eigenvalue weighted by Gasteiger charge is -2.34. The zero-order valence-electron chi connectivity index (χ0n) is 16.0. The van der Waals surface area contributed by atoms with Gasteiger partial charge < -0.3 is 19.9 Å². The second-order valence-corrected chi connectivity index (χ2v) is 8.41. The molecular weight excluding hydrogens is 326 g/mol. The molecule has 3 aliphatic rings. The molecule has 1 N–H and O–H groups in total. The molecule has 1 spiro atoms. The summed E-state index contributed by atoms with van der Waals surface area (Å²) in [6.07, 6.45) is 5.26. The van der Waals surface area contributed by atoms with E-state index in [4.69, 9.17) is 4.74 Å². The Morgan fingerprint density at radius 1 is 1.15 bits per heavy atom. The van der Waals surface area contributed by atoms with E-state index in [2.05, 4.69) is 53.5 Å². The minimum atomic E-state index is 0.239. The van der Waals surface area contributed by atoms with E-state index in [0.717, 1.165) is 58.4 Å². The average Bonchev–Trinajstić information content (AvgIpc) is 3.36. The molecular formula is C21H31N3O2. The Morgan fingerprint density at radius 2 is 1.81 bits per heavy atom. The van der Waals surface area contributed by atoms with Gasteiger partial charge in [-0.2, -0.15) is 0 Å². The van der Waals surface area contributed by atoms with Gasteiger partial charge in [0.15, 0.2) is 0 Å². The van der Waals surface area contributed by atoms with E-state index in [1.54, 1.807) is 0 Å². The predicted octanol–water partition coefficient (Wildman–Crippen LogP) is 2.65. The van der Waals surface area contributed by atoms with Crippen LogP contribution in [0.25, 0.3) is 0 Å². The maximum atomic E-state index is 12.6. The van der Waals surface area contributed by atoms with E-state index in [9.17, 15) is 4.79 Å². The highest BCUT2D eigenvalue weighted by Crippen LogP contribution is 2.59. The Bertz CT molecular complexity index is 629. The van der Waals surface area contributed by atoms with E-state index in [0.29, 0.717) is 11.9 Å². The van der Waals surface area contributed by atoms with Gasteiger partial charge in [0.1, 0.15) is 0 Å². The first-order valence-corrected chi connectivity index (χ1v) is 9.98. The van der Waals surface area contributed by atoms with Crippen LogP contribution in [0.5, 0.6) is 0 Å². The van der Waals surface area contributed by atoms with Gasteiger partial charge in [-0.15, -0.1) is 0 Å². The minimum absolute atomic E-state index is 0.239. The summed E-state index contributed by atoms with van der Waals surface area (Å²) >= 11 is 0. The summed E-state index contributed by atoms with van der Waals surface area (Å²) in [7, 11) is 4.13. The van der Waals surface area contributed by atoms with Crippen molar-refractivity contribution in [3.63, 3.8) is 0 Å². The maximum absolute atomic E-state index is 12.6. The molecule has 4 rings (SSSR count). The molecule has 2 aliphatic heterocycles. The molecule has 2 saturated heterocycles.